The molecule has 0 atom stereocenters. The Kier molecular flexibility index (Phi) is 4.29. The quantitative estimate of drug-likeness (QED) is 0.858. The van der Waals surface area contributed by atoms with Gasteiger partial charge in [0.2, 0.25) is 0 Å². The van der Waals surface area contributed by atoms with E-state index in [0.717, 1.165) is 12.8 Å². The van der Waals surface area contributed by atoms with Crippen LogP contribution in [0.2, 0.25) is 5.02 Å². The van der Waals surface area contributed by atoms with Gasteiger partial charge < -0.3 is 5.32 Å². The van der Waals surface area contributed by atoms with Crippen molar-refractivity contribution >= 4 is 23.5 Å². The van der Waals surface area contributed by atoms with E-state index in [1.165, 1.54) is 11.0 Å². The number of nitrogens with one attached hydrogen (secondary N) is 1. The van der Waals surface area contributed by atoms with Crippen molar-refractivity contribution < 1.29 is 14.0 Å². The van der Waals surface area contributed by atoms with Crippen molar-refractivity contribution in [1.82, 2.24) is 15.1 Å². The highest BCUT2D eigenvalue weighted by atomic mass is 35.5. The monoisotopic (exact) mass is 339 g/mol. The molecule has 124 valence electrons. The molecule has 3 rings (SSSR count). The van der Waals surface area contributed by atoms with Gasteiger partial charge in [-0.2, -0.15) is 0 Å². The second-order valence-corrected chi connectivity index (χ2v) is 6.72. The SMILES string of the molecule is CN(Cc1c(F)cccc1Cl)CN1C(=O)NC2(CCCC2)C1=O. The molecule has 0 aromatic heterocycles. The van der Waals surface area contributed by atoms with E-state index < -0.39 is 11.4 Å². The Bertz CT molecular complexity index is 626. The summed E-state index contributed by atoms with van der Waals surface area (Å²) in [5.41, 5.74) is -0.354. The van der Waals surface area contributed by atoms with E-state index in [0.29, 0.717) is 23.4 Å². The van der Waals surface area contributed by atoms with Crippen molar-refractivity contribution in [3.05, 3.63) is 34.6 Å². The zero-order chi connectivity index (χ0) is 16.6. The minimum atomic E-state index is -0.715. The number of amides is 3. The normalized spacial score (nSPS) is 19.9. The molecule has 1 aromatic carbocycles. The molecule has 23 heavy (non-hydrogen) atoms. The first-order valence-electron chi connectivity index (χ1n) is 7.68. The molecule has 3 amide bonds. The molecule has 1 saturated heterocycles. The van der Waals surface area contributed by atoms with Gasteiger partial charge in [0.05, 0.1) is 6.67 Å². The zero-order valence-electron chi connectivity index (χ0n) is 12.9. The average molecular weight is 340 g/mol. The Labute approximate surface area is 139 Å². The molecule has 1 N–H and O–H groups in total. The molecule has 1 heterocycles. The van der Waals surface area contributed by atoms with Gasteiger partial charge in [0.1, 0.15) is 11.4 Å². The summed E-state index contributed by atoms with van der Waals surface area (Å²) < 4.78 is 13.8. The number of hydrogen-bond acceptors (Lipinski definition) is 3. The molecule has 5 nitrogen and oxygen atoms in total. The maximum atomic E-state index is 13.8. The van der Waals surface area contributed by atoms with Gasteiger partial charge in [-0.1, -0.05) is 30.5 Å². The van der Waals surface area contributed by atoms with Gasteiger partial charge in [-0.3, -0.25) is 9.69 Å². The number of rotatable bonds is 4. The zero-order valence-corrected chi connectivity index (χ0v) is 13.7. The number of imide groups is 1. The van der Waals surface area contributed by atoms with Crippen molar-refractivity contribution in [3.63, 3.8) is 0 Å². The summed E-state index contributed by atoms with van der Waals surface area (Å²) in [5.74, 6) is -0.569. The van der Waals surface area contributed by atoms with Crippen LogP contribution in [-0.2, 0) is 11.3 Å². The lowest BCUT2D eigenvalue weighted by atomic mass is 9.98. The van der Waals surface area contributed by atoms with Crippen LogP contribution in [0.4, 0.5) is 9.18 Å². The average Bonchev–Trinajstić information content (AvgIpc) is 3.05. The first-order valence-corrected chi connectivity index (χ1v) is 8.06. The summed E-state index contributed by atoms with van der Waals surface area (Å²) >= 11 is 6.02. The summed E-state index contributed by atoms with van der Waals surface area (Å²) in [6.07, 6.45) is 3.27. The Morgan fingerprint density at radius 3 is 2.70 bits per heavy atom. The maximum Gasteiger partial charge on any atom is 0.326 e. The van der Waals surface area contributed by atoms with E-state index >= 15 is 0 Å². The molecule has 1 saturated carbocycles. The number of halogens is 2. The second kappa shape index (κ2) is 6.09. The smallest absolute Gasteiger partial charge is 0.323 e. The van der Waals surface area contributed by atoms with Crippen LogP contribution in [-0.4, -0.2) is 41.0 Å². The van der Waals surface area contributed by atoms with Crippen molar-refractivity contribution in [1.29, 1.82) is 0 Å². The molecular formula is C16H19ClFN3O2. The Hall–Kier alpha value is -1.66. The topological polar surface area (TPSA) is 52.6 Å². The number of carbonyl (C=O) groups excluding carboxylic acids is 2. The fourth-order valence-electron chi connectivity index (χ4n) is 3.37. The summed E-state index contributed by atoms with van der Waals surface area (Å²) in [6, 6.07) is 4.14. The fraction of sp³-hybridized carbons (Fsp3) is 0.500. The van der Waals surface area contributed by atoms with Gasteiger partial charge >= 0.3 is 6.03 Å². The van der Waals surface area contributed by atoms with E-state index in [-0.39, 0.29) is 25.2 Å². The first-order chi connectivity index (χ1) is 10.9. The van der Waals surface area contributed by atoms with E-state index in [1.54, 1.807) is 24.1 Å². The summed E-state index contributed by atoms with van der Waals surface area (Å²) in [6.45, 7) is 0.326. The Morgan fingerprint density at radius 1 is 1.35 bits per heavy atom. The number of hydrogen-bond donors (Lipinski definition) is 1. The number of benzene rings is 1. The Balaban J connectivity index is 1.69. The molecular weight excluding hydrogens is 321 g/mol. The van der Waals surface area contributed by atoms with E-state index in [2.05, 4.69) is 5.32 Å². The molecule has 1 aliphatic carbocycles. The highest BCUT2D eigenvalue weighted by Crippen LogP contribution is 2.35. The van der Waals surface area contributed by atoms with Gasteiger partial charge in [-0.25, -0.2) is 14.1 Å². The number of carbonyl (C=O) groups is 2. The van der Waals surface area contributed by atoms with E-state index in [9.17, 15) is 14.0 Å². The van der Waals surface area contributed by atoms with Crippen LogP contribution in [0.5, 0.6) is 0 Å². The third-order valence-electron chi connectivity index (χ3n) is 4.58. The van der Waals surface area contributed by atoms with Crippen molar-refractivity contribution in [2.45, 2.75) is 37.8 Å². The molecule has 0 radical (unpaired) electrons. The summed E-state index contributed by atoms with van der Waals surface area (Å²) in [4.78, 5) is 27.6. The first kappa shape index (κ1) is 16.2. The highest BCUT2D eigenvalue weighted by molar-refractivity contribution is 6.31. The third-order valence-corrected chi connectivity index (χ3v) is 4.93. The standard InChI is InChI=1S/C16H19ClFN3O2/c1-20(9-11-12(17)5-4-6-13(11)18)10-21-14(22)16(19-15(21)23)7-2-3-8-16/h4-6H,2-3,7-10H2,1H3,(H,19,23). The second-order valence-electron chi connectivity index (χ2n) is 6.31. The summed E-state index contributed by atoms with van der Waals surface area (Å²) in [5, 5.41) is 3.17. The van der Waals surface area contributed by atoms with Crippen LogP contribution >= 0.6 is 11.6 Å². The van der Waals surface area contributed by atoms with Crippen molar-refractivity contribution in [2.75, 3.05) is 13.7 Å². The lowest BCUT2D eigenvalue weighted by Crippen LogP contribution is -2.45. The van der Waals surface area contributed by atoms with E-state index in [4.69, 9.17) is 11.6 Å². The molecule has 0 bridgehead atoms. The molecule has 2 aliphatic rings. The van der Waals surface area contributed by atoms with Crippen LogP contribution in [0.25, 0.3) is 0 Å². The van der Waals surface area contributed by atoms with E-state index in [1.807, 2.05) is 0 Å². The van der Waals surface area contributed by atoms with Crippen LogP contribution in [0.1, 0.15) is 31.2 Å². The highest BCUT2D eigenvalue weighted by Gasteiger charge is 2.52. The van der Waals surface area contributed by atoms with Crippen molar-refractivity contribution in [3.8, 4) is 0 Å². The van der Waals surface area contributed by atoms with Gasteiger partial charge in [-0.05, 0) is 32.0 Å². The number of urea groups is 1. The lowest BCUT2D eigenvalue weighted by molar-refractivity contribution is -0.132. The molecule has 0 unspecified atom stereocenters. The summed E-state index contributed by atoms with van der Waals surface area (Å²) in [7, 11) is 1.73. The van der Waals surface area contributed by atoms with Crippen LogP contribution in [0.15, 0.2) is 18.2 Å². The maximum absolute atomic E-state index is 13.8. The van der Waals surface area contributed by atoms with Gasteiger partial charge in [0.25, 0.3) is 5.91 Å². The predicted octanol–water partition coefficient (Wildman–Crippen LogP) is 2.73. The lowest BCUT2D eigenvalue weighted by Gasteiger charge is -2.24. The Morgan fingerprint density at radius 2 is 2.04 bits per heavy atom. The van der Waals surface area contributed by atoms with Gasteiger partial charge in [-0.15, -0.1) is 0 Å². The molecule has 2 fully saturated rings. The van der Waals surface area contributed by atoms with Crippen LogP contribution < -0.4 is 5.32 Å². The largest absolute Gasteiger partial charge is 0.326 e. The molecule has 1 spiro atoms. The minimum absolute atomic E-state index is 0.108. The number of nitrogens with zero attached hydrogens (tertiary/aromatic N) is 2. The van der Waals surface area contributed by atoms with Crippen LogP contribution in [0, 0.1) is 5.82 Å². The fourth-order valence-corrected chi connectivity index (χ4v) is 3.59. The van der Waals surface area contributed by atoms with Crippen molar-refractivity contribution in [2.24, 2.45) is 0 Å². The van der Waals surface area contributed by atoms with Gasteiger partial charge in [0.15, 0.2) is 0 Å². The van der Waals surface area contributed by atoms with Gasteiger partial charge in [0, 0.05) is 17.1 Å². The predicted molar refractivity (Wildman–Crippen MR) is 84.3 cm³/mol. The molecule has 7 heteroatoms. The molecule has 1 aromatic rings. The van der Waals surface area contributed by atoms with Crippen LogP contribution in [0.3, 0.4) is 0 Å². The third kappa shape index (κ3) is 2.93. The minimum Gasteiger partial charge on any atom is -0.323 e. The molecule has 1 aliphatic heterocycles.